The summed E-state index contributed by atoms with van der Waals surface area (Å²) in [5, 5.41) is 4.06. The Balaban J connectivity index is 1.48. The van der Waals surface area contributed by atoms with Crippen molar-refractivity contribution in [2.75, 3.05) is 6.54 Å². The van der Waals surface area contributed by atoms with Crippen molar-refractivity contribution in [3.8, 4) is 16.9 Å². The summed E-state index contributed by atoms with van der Waals surface area (Å²) in [4.78, 5) is 15.2. The van der Waals surface area contributed by atoms with Gasteiger partial charge >= 0.3 is 6.18 Å². The maximum absolute atomic E-state index is 13.5. The lowest BCUT2D eigenvalue weighted by molar-refractivity contribution is -0.141. The highest BCUT2D eigenvalue weighted by Gasteiger charge is 2.36. The van der Waals surface area contributed by atoms with Crippen LogP contribution < -0.4 is 0 Å². The van der Waals surface area contributed by atoms with E-state index in [0.717, 1.165) is 24.5 Å². The van der Waals surface area contributed by atoms with Crippen molar-refractivity contribution in [1.82, 2.24) is 14.7 Å². The summed E-state index contributed by atoms with van der Waals surface area (Å²) in [6.45, 7) is 0.661. The zero-order chi connectivity index (χ0) is 24.6. The lowest BCUT2D eigenvalue weighted by atomic mass is 10.0. The molecule has 4 nitrogen and oxygen atoms in total. The first-order valence-electron chi connectivity index (χ1n) is 11.2. The van der Waals surface area contributed by atoms with E-state index in [-0.39, 0.29) is 22.7 Å². The van der Waals surface area contributed by atoms with Crippen LogP contribution in [0.2, 0.25) is 5.02 Å². The molecule has 1 aliphatic rings. The van der Waals surface area contributed by atoms with Crippen molar-refractivity contribution >= 4 is 17.5 Å². The number of hydrogen-bond acceptors (Lipinski definition) is 2. The lowest BCUT2D eigenvalue weighted by Crippen LogP contribution is -2.30. The van der Waals surface area contributed by atoms with Crippen LogP contribution in [0.1, 0.15) is 40.5 Å². The molecule has 0 saturated carbocycles. The molecule has 0 radical (unpaired) electrons. The Bertz CT molecular complexity index is 1350. The van der Waals surface area contributed by atoms with E-state index in [9.17, 15) is 18.0 Å². The van der Waals surface area contributed by atoms with Gasteiger partial charge in [0.1, 0.15) is 0 Å². The number of aromatic nitrogens is 2. The SMILES string of the molecule is O=C(c1ccc(-c2cc(C(F)(F)F)nn2-c2ccccc2Cl)cc1)N1CCCC1c1ccccc1. The second-order valence-corrected chi connectivity index (χ2v) is 8.83. The average molecular weight is 496 g/mol. The molecular weight excluding hydrogens is 475 g/mol. The topological polar surface area (TPSA) is 38.1 Å². The molecule has 1 amide bonds. The Labute approximate surface area is 205 Å². The molecule has 1 aliphatic heterocycles. The molecule has 178 valence electrons. The predicted molar refractivity (Wildman–Crippen MR) is 128 cm³/mol. The third-order valence-electron chi connectivity index (χ3n) is 6.21. The number of nitrogens with zero attached hydrogens (tertiary/aromatic N) is 3. The Morgan fingerprint density at radius 3 is 2.31 bits per heavy atom. The van der Waals surface area contributed by atoms with Gasteiger partial charge < -0.3 is 4.90 Å². The van der Waals surface area contributed by atoms with E-state index in [1.54, 1.807) is 48.5 Å². The molecule has 4 aromatic rings. The lowest BCUT2D eigenvalue weighted by Gasteiger charge is -2.25. The zero-order valence-corrected chi connectivity index (χ0v) is 19.3. The fraction of sp³-hybridized carbons (Fsp3) is 0.185. The molecule has 8 heteroatoms. The first-order chi connectivity index (χ1) is 16.8. The minimum atomic E-state index is -4.61. The molecule has 35 heavy (non-hydrogen) atoms. The summed E-state index contributed by atoms with van der Waals surface area (Å²) in [5.41, 5.74) is 1.62. The molecule has 1 atom stereocenters. The first-order valence-corrected chi connectivity index (χ1v) is 11.6. The maximum atomic E-state index is 13.5. The minimum Gasteiger partial charge on any atom is -0.332 e. The van der Waals surface area contributed by atoms with Crippen molar-refractivity contribution in [3.05, 3.63) is 107 Å². The van der Waals surface area contributed by atoms with Crippen LogP contribution in [0.3, 0.4) is 0 Å². The Hall–Kier alpha value is -3.58. The number of para-hydroxylation sites is 1. The summed E-state index contributed by atoms with van der Waals surface area (Å²) in [6, 6.07) is 24.1. The molecule has 3 aromatic carbocycles. The van der Waals surface area contributed by atoms with E-state index in [2.05, 4.69) is 5.10 Å². The molecule has 1 unspecified atom stereocenters. The molecule has 0 N–H and O–H groups in total. The Morgan fingerprint density at radius 1 is 0.943 bits per heavy atom. The van der Waals surface area contributed by atoms with Gasteiger partial charge in [0.05, 0.1) is 22.4 Å². The largest absolute Gasteiger partial charge is 0.435 e. The van der Waals surface area contributed by atoms with Crippen molar-refractivity contribution in [2.45, 2.75) is 25.1 Å². The van der Waals surface area contributed by atoms with E-state index in [0.29, 0.717) is 23.4 Å². The summed E-state index contributed by atoms with van der Waals surface area (Å²) >= 11 is 6.25. The van der Waals surface area contributed by atoms with Gasteiger partial charge in [0.25, 0.3) is 5.91 Å². The predicted octanol–water partition coefficient (Wildman–Crippen LogP) is 7.19. The van der Waals surface area contributed by atoms with Gasteiger partial charge in [0, 0.05) is 17.7 Å². The number of rotatable bonds is 4. The molecule has 0 bridgehead atoms. The normalized spacial score (nSPS) is 16.0. The molecular formula is C27H21ClF3N3O. The number of carbonyl (C=O) groups excluding carboxylic acids is 1. The molecule has 5 rings (SSSR count). The summed E-state index contributed by atoms with van der Waals surface area (Å²) in [6.07, 6.45) is -2.80. The van der Waals surface area contributed by atoms with Crippen LogP contribution in [-0.2, 0) is 6.18 Å². The van der Waals surface area contributed by atoms with E-state index in [4.69, 9.17) is 11.6 Å². The van der Waals surface area contributed by atoms with Gasteiger partial charge in [-0.05, 0) is 48.7 Å². The second kappa shape index (κ2) is 9.23. The summed E-state index contributed by atoms with van der Waals surface area (Å²) < 4.78 is 41.6. The summed E-state index contributed by atoms with van der Waals surface area (Å²) in [5.74, 6) is -0.0986. The zero-order valence-electron chi connectivity index (χ0n) is 18.5. The number of benzene rings is 3. The van der Waals surface area contributed by atoms with E-state index < -0.39 is 11.9 Å². The first kappa shape index (κ1) is 23.2. The fourth-order valence-electron chi connectivity index (χ4n) is 4.51. The molecule has 0 spiro atoms. The number of likely N-dealkylation sites (tertiary alicyclic amines) is 1. The number of hydrogen-bond donors (Lipinski definition) is 0. The number of alkyl halides is 3. The van der Waals surface area contributed by atoms with Gasteiger partial charge in [0.2, 0.25) is 0 Å². The van der Waals surface area contributed by atoms with E-state index in [1.807, 2.05) is 35.2 Å². The fourth-order valence-corrected chi connectivity index (χ4v) is 4.73. The van der Waals surface area contributed by atoms with Crippen LogP contribution in [0.15, 0.2) is 84.9 Å². The smallest absolute Gasteiger partial charge is 0.332 e. The highest BCUT2D eigenvalue weighted by molar-refractivity contribution is 6.32. The number of carbonyl (C=O) groups is 1. The molecule has 1 fully saturated rings. The Kier molecular flexibility index (Phi) is 6.11. The van der Waals surface area contributed by atoms with Crippen LogP contribution in [0.5, 0.6) is 0 Å². The van der Waals surface area contributed by atoms with Crippen molar-refractivity contribution < 1.29 is 18.0 Å². The summed E-state index contributed by atoms with van der Waals surface area (Å²) in [7, 11) is 0. The quantitative estimate of drug-likeness (QED) is 0.300. The van der Waals surface area contributed by atoms with Gasteiger partial charge in [0.15, 0.2) is 5.69 Å². The highest BCUT2D eigenvalue weighted by Crippen LogP contribution is 2.36. The van der Waals surface area contributed by atoms with Gasteiger partial charge in [-0.2, -0.15) is 18.3 Å². The van der Waals surface area contributed by atoms with Crippen molar-refractivity contribution in [3.63, 3.8) is 0 Å². The maximum Gasteiger partial charge on any atom is 0.435 e. The Morgan fingerprint density at radius 2 is 1.63 bits per heavy atom. The van der Waals surface area contributed by atoms with Crippen molar-refractivity contribution in [1.29, 1.82) is 0 Å². The van der Waals surface area contributed by atoms with Crippen LogP contribution >= 0.6 is 11.6 Å². The second-order valence-electron chi connectivity index (χ2n) is 8.42. The third-order valence-corrected chi connectivity index (χ3v) is 6.53. The third kappa shape index (κ3) is 4.56. The van der Waals surface area contributed by atoms with Gasteiger partial charge in [-0.1, -0.05) is 66.2 Å². The van der Waals surface area contributed by atoms with Crippen LogP contribution in [0.4, 0.5) is 13.2 Å². The van der Waals surface area contributed by atoms with Crippen LogP contribution in [0, 0.1) is 0 Å². The standard InChI is InChI=1S/C27H21ClF3N3O/c28-21-9-4-5-10-23(21)34-24(17-25(32-34)27(29,30)31)19-12-14-20(15-13-19)26(35)33-16-6-11-22(33)18-7-2-1-3-8-18/h1-5,7-10,12-15,17,22H,6,11,16H2. The molecule has 0 aliphatic carbocycles. The highest BCUT2D eigenvalue weighted by atomic mass is 35.5. The van der Waals surface area contributed by atoms with Gasteiger partial charge in [-0.3, -0.25) is 4.79 Å². The van der Waals surface area contributed by atoms with E-state index >= 15 is 0 Å². The minimum absolute atomic E-state index is 0.0133. The van der Waals surface area contributed by atoms with Crippen molar-refractivity contribution in [2.24, 2.45) is 0 Å². The molecule has 2 heterocycles. The average Bonchev–Trinajstić information content (AvgIpc) is 3.53. The van der Waals surface area contributed by atoms with Crippen LogP contribution in [0.25, 0.3) is 16.9 Å². The number of halogens is 4. The molecule has 1 aromatic heterocycles. The van der Waals surface area contributed by atoms with E-state index in [1.165, 1.54) is 4.68 Å². The monoisotopic (exact) mass is 495 g/mol. The van der Waals surface area contributed by atoms with Gasteiger partial charge in [-0.15, -0.1) is 0 Å². The van der Waals surface area contributed by atoms with Crippen LogP contribution in [-0.4, -0.2) is 27.1 Å². The van der Waals surface area contributed by atoms with Gasteiger partial charge in [-0.25, -0.2) is 4.68 Å². The number of amides is 1. The molecule has 1 saturated heterocycles.